The molecule has 1 aliphatic rings. The molecule has 0 bridgehead atoms. The smallest absolute Gasteiger partial charge is 0.170 e. The molecule has 100 valence electrons. The molecule has 1 fully saturated rings. The predicted molar refractivity (Wildman–Crippen MR) is 70.6 cm³/mol. The van der Waals surface area contributed by atoms with Crippen LogP contribution in [0.3, 0.4) is 0 Å². The van der Waals surface area contributed by atoms with Crippen LogP contribution in [0.1, 0.15) is 25.8 Å². The van der Waals surface area contributed by atoms with Gasteiger partial charge in [-0.2, -0.15) is 0 Å². The van der Waals surface area contributed by atoms with E-state index in [0.29, 0.717) is 24.5 Å². The van der Waals surface area contributed by atoms with Crippen molar-refractivity contribution in [1.82, 2.24) is 4.98 Å². The van der Waals surface area contributed by atoms with Crippen molar-refractivity contribution in [2.75, 3.05) is 18.1 Å². The zero-order chi connectivity index (χ0) is 13.1. The maximum atomic E-state index is 14.3. The quantitative estimate of drug-likeness (QED) is 0.791. The SMILES string of the molecule is CCC1COC(C)CN1c1nccc(CCl)c1F. The summed E-state index contributed by atoms with van der Waals surface area (Å²) in [5.41, 5.74) is 0.496. The van der Waals surface area contributed by atoms with E-state index in [0.717, 1.165) is 6.42 Å². The van der Waals surface area contributed by atoms with Crippen molar-refractivity contribution in [2.24, 2.45) is 0 Å². The lowest BCUT2D eigenvalue weighted by molar-refractivity contribution is 0.0293. The average molecular weight is 273 g/mol. The lowest BCUT2D eigenvalue weighted by atomic mass is 10.1. The Morgan fingerprint density at radius 3 is 3.06 bits per heavy atom. The summed E-state index contributed by atoms with van der Waals surface area (Å²) in [6.45, 7) is 5.33. The minimum atomic E-state index is -0.306. The van der Waals surface area contributed by atoms with Gasteiger partial charge < -0.3 is 9.64 Å². The Morgan fingerprint density at radius 2 is 2.39 bits per heavy atom. The summed E-state index contributed by atoms with van der Waals surface area (Å²) < 4.78 is 19.9. The molecule has 1 saturated heterocycles. The molecule has 3 nitrogen and oxygen atoms in total. The van der Waals surface area contributed by atoms with Crippen molar-refractivity contribution in [2.45, 2.75) is 38.3 Å². The van der Waals surface area contributed by atoms with Gasteiger partial charge in [-0.25, -0.2) is 9.37 Å². The van der Waals surface area contributed by atoms with Crippen LogP contribution in [0, 0.1) is 5.82 Å². The van der Waals surface area contributed by atoms with Gasteiger partial charge in [0.1, 0.15) is 0 Å². The van der Waals surface area contributed by atoms with E-state index in [9.17, 15) is 4.39 Å². The van der Waals surface area contributed by atoms with Crippen LogP contribution >= 0.6 is 11.6 Å². The summed E-state index contributed by atoms with van der Waals surface area (Å²) in [4.78, 5) is 6.18. The van der Waals surface area contributed by atoms with E-state index in [1.807, 2.05) is 11.8 Å². The fraction of sp³-hybridized carbons (Fsp3) is 0.615. The molecular weight excluding hydrogens is 255 g/mol. The number of anilines is 1. The van der Waals surface area contributed by atoms with E-state index in [1.54, 1.807) is 12.3 Å². The van der Waals surface area contributed by atoms with Crippen molar-refractivity contribution in [3.63, 3.8) is 0 Å². The number of alkyl halides is 1. The van der Waals surface area contributed by atoms with Gasteiger partial charge in [0.15, 0.2) is 11.6 Å². The van der Waals surface area contributed by atoms with E-state index in [-0.39, 0.29) is 23.8 Å². The van der Waals surface area contributed by atoms with Crippen molar-refractivity contribution in [1.29, 1.82) is 0 Å². The van der Waals surface area contributed by atoms with E-state index in [1.165, 1.54) is 0 Å². The molecule has 0 aliphatic carbocycles. The second-order valence-electron chi connectivity index (χ2n) is 4.60. The lowest BCUT2D eigenvalue weighted by Gasteiger charge is -2.39. The standard InChI is InChI=1S/C13H18ClFN2O/c1-3-11-8-18-9(2)7-17(11)13-12(15)10(6-14)4-5-16-13/h4-5,9,11H,3,6-8H2,1-2H3. The molecule has 0 saturated carbocycles. The number of halogens is 2. The topological polar surface area (TPSA) is 25.4 Å². The Hall–Kier alpha value is -0.870. The van der Waals surface area contributed by atoms with Gasteiger partial charge in [-0.1, -0.05) is 6.92 Å². The van der Waals surface area contributed by atoms with Crippen LogP contribution < -0.4 is 4.90 Å². The number of hydrogen-bond donors (Lipinski definition) is 0. The second kappa shape index (κ2) is 5.85. The Morgan fingerprint density at radius 1 is 1.61 bits per heavy atom. The number of morpholine rings is 1. The third-order valence-electron chi connectivity index (χ3n) is 3.31. The second-order valence-corrected chi connectivity index (χ2v) is 4.87. The molecule has 2 unspecified atom stereocenters. The van der Waals surface area contributed by atoms with Crippen LogP contribution in [0.5, 0.6) is 0 Å². The molecule has 0 aromatic carbocycles. The Bertz CT molecular complexity index is 416. The first-order valence-electron chi connectivity index (χ1n) is 6.25. The summed E-state index contributed by atoms with van der Waals surface area (Å²) in [5, 5.41) is 0. The summed E-state index contributed by atoms with van der Waals surface area (Å²) in [5.74, 6) is 0.257. The van der Waals surface area contributed by atoms with E-state index < -0.39 is 0 Å². The van der Waals surface area contributed by atoms with Crippen LogP contribution in [-0.4, -0.2) is 30.3 Å². The molecule has 2 rings (SSSR count). The molecule has 1 aromatic rings. The normalized spacial score (nSPS) is 24.3. The van der Waals surface area contributed by atoms with Gasteiger partial charge in [0.25, 0.3) is 0 Å². The van der Waals surface area contributed by atoms with E-state index in [4.69, 9.17) is 16.3 Å². The van der Waals surface area contributed by atoms with E-state index in [2.05, 4.69) is 11.9 Å². The molecule has 2 atom stereocenters. The zero-order valence-corrected chi connectivity index (χ0v) is 11.5. The van der Waals surface area contributed by atoms with Crippen LogP contribution in [-0.2, 0) is 10.6 Å². The van der Waals surface area contributed by atoms with Crippen LogP contribution in [0.25, 0.3) is 0 Å². The Balaban J connectivity index is 2.33. The summed E-state index contributed by atoms with van der Waals surface area (Å²) in [6.07, 6.45) is 2.61. The number of pyridine rings is 1. The maximum Gasteiger partial charge on any atom is 0.170 e. The van der Waals surface area contributed by atoms with Crippen molar-refractivity contribution in [3.8, 4) is 0 Å². The summed E-state index contributed by atoms with van der Waals surface area (Å²) in [7, 11) is 0. The fourth-order valence-electron chi connectivity index (χ4n) is 2.22. The van der Waals surface area contributed by atoms with Gasteiger partial charge in [0.05, 0.1) is 24.6 Å². The molecule has 0 spiro atoms. The average Bonchev–Trinajstić information content (AvgIpc) is 2.39. The molecule has 0 N–H and O–H groups in total. The monoisotopic (exact) mass is 272 g/mol. The van der Waals surface area contributed by atoms with Crippen molar-refractivity contribution in [3.05, 3.63) is 23.6 Å². The van der Waals surface area contributed by atoms with Gasteiger partial charge >= 0.3 is 0 Å². The first kappa shape index (κ1) is 13.6. The number of nitrogens with zero attached hydrogens (tertiary/aromatic N) is 2. The van der Waals surface area contributed by atoms with Crippen molar-refractivity contribution >= 4 is 17.4 Å². The van der Waals surface area contributed by atoms with Gasteiger partial charge in [-0.3, -0.25) is 0 Å². The molecule has 18 heavy (non-hydrogen) atoms. The zero-order valence-electron chi connectivity index (χ0n) is 10.7. The highest BCUT2D eigenvalue weighted by Crippen LogP contribution is 2.26. The maximum absolute atomic E-state index is 14.3. The van der Waals surface area contributed by atoms with Crippen LogP contribution in [0.15, 0.2) is 12.3 Å². The lowest BCUT2D eigenvalue weighted by Crippen LogP contribution is -2.49. The van der Waals surface area contributed by atoms with Crippen LogP contribution in [0.2, 0.25) is 0 Å². The minimum absolute atomic E-state index is 0.0913. The Labute approximate surface area is 112 Å². The molecule has 2 heterocycles. The largest absolute Gasteiger partial charge is 0.375 e. The highest BCUT2D eigenvalue weighted by atomic mass is 35.5. The minimum Gasteiger partial charge on any atom is -0.375 e. The highest BCUT2D eigenvalue weighted by Gasteiger charge is 2.29. The van der Waals surface area contributed by atoms with Gasteiger partial charge in [0, 0.05) is 18.3 Å². The van der Waals surface area contributed by atoms with Gasteiger partial charge in [0.2, 0.25) is 0 Å². The molecule has 0 amide bonds. The summed E-state index contributed by atoms with van der Waals surface area (Å²) in [6, 6.07) is 1.80. The molecule has 1 aliphatic heterocycles. The summed E-state index contributed by atoms with van der Waals surface area (Å²) >= 11 is 5.73. The number of rotatable bonds is 3. The van der Waals surface area contributed by atoms with E-state index >= 15 is 0 Å². The predicted octanol–water partition coefficient (Wildman–Crippen LogP) is 2.96. The first-order valence-corrected chi connectivity index (χ1v) is 6.78. The fourth-order valence-corrected chi connectivity index (χ4v) is 2.42. The molecule has 0 radical (unpaired) electrons. The third-order valence-corrected chi connectivity index (χ3v) is 3.59. The number of aromatic nitrogens is 1. The molecule has 5 heteroatoms. The van der Waals surface area contributed by atoms with Crippen molar-refractivity contribution < 1.29 is 9.13 Å². The third kappa shape index (κ3) is 2.59. The highest BCUT2D eigenvalue weighted by molar-refractivity contribution is 6.17. The van der Waals surface area contributed by atoms with Gasteiger partial charge in [-0.05, 0) is 19.4 Å². The number of hydrogen-bond acceptors (Lipinski definition) is 3. The molecular formula is C13H18ClFN2O. The Kier molecular flexibility index (Phi) is 4.40. The van der Waals surface area contributed by atoms with Crippen LogP contribution in [0.4, 0.5) is 10.2 Å². The number of ether oxygens (including phenoxy) is 1. The first-order chi connectivity index (χ1) is 8.67. The van der Waals surface area contributed by atoms with Gasteiger partial charge in [-0.15, -0.1) is 11.6 Å². The molecule has 1 aromatic heterocycles.